The lowest BCUT2D eigenvalue weighted by Crippen LogP contribution is -2.52. The predicted molar refractivity (Wildman–Crippen MR) is 69.4 cm³/mol. The van der Waals surface area contributed by atoms with E-state index in [1.54, 1.807) is 20.8 Å². The number of aliphatic hydroxyl groups excluding tert-OH is 2. The first-order valence-electron chi connectivity index (χ1n) is 6.03. The Hall–Kier alpha value is -1.18. The molecule has 0 aromatic heterocycles. The summed E-state index contributed by atoms with van der Waals surface area (Å²) in [5.74, 6) is -0.659. The SMILES string of the molecule is CC(=O)NC(C)(CO)COCC(=O)NC(C)(C)CO. The summed E-state index contributed by atoms with van der Waals surface area (Å²) in [7, 11) is 0. The molecule has 7 nitrogen and oxygen atoms in total. The van der Waals surface area contributed by atoms with E-state index in [1.165, 1.54) is 6.92 Å². The van der Waals surface area contributed by atoms with Crippen molar-refractivity contribution in [3.8, 4) is 0 Å². The second kappa shape index (κ2) is 7.42. The molecule has 0 aliphatic rings. The maximum Gasteiger partial charge on any atom is 0.246 e. The molecule has 0 aliphatic carbocycles. The van der Waals surface area contributed by atoms with E-state index in [-0.39, 0.29) is 38.2 Å². The summed E-state index contributed by atoms with van der Waals surface area (Å²) in [4.78, 5) is 22.5. The van der Waals surface area contributed by atoms with Crippen LogP contribution in [0.1, 0.15) is 27.7 Å². The number of ether oxygens (including phenoxy) is 1. The summed E-state index contributed by atoms with van der Waals surface area (Å²) < 4.78 is 5.17. The normalized spacial score (nSPS) is 14.6. The van der Waals surface area contributed by atoms with Crippen LogP contribution in [-0.2, 0) is 14.3 Å². The molecular weight excluding hydrogens is 252 g/mol. The van der Waals surface area contributed by atoms with E-state index in [0.29, 0.717) is 0 Å². The molecule has 0 bridgehead atoms. The molecule has 2 amide bonds. The highest BCUT2D eigenvalue weighted by Gasteiger charge is 2.25. The van der Waals surface area contributed by atoms with Crippen molar-refractivity contribution in [3.63, 3.8) is 0 Å². The molecular formula is C12H24N2O5. The van der Waals surface area contributed by atoms with Crippen molar-refractivity contribution in [2.75, 3.05) is 26.4 Å². The average molecular weight is 276 g/mol. The van der Waals surface area contributed by atoms with Gasteiger partial charge in [0.15, 0.2) is 0 Å². The van der Waals surface area contributed by atoms with Crippen LogP contribution in [0.2, 0.25) is 0 Å². The molecule has 19 heavy (non-hydrogen) atoms. The Morgan fingerprint density at radius 2 is 1.68 bits per heavy atom. The Bertz CT molecular complexity index is 319. The molecule has 0 saturated heterocycles. The van der Waals surface area contributed by atoms with Crippen LogP contribution in [0.25, 0.3) is 0 Å². The van der Waals surface area contributed by atoms with E-state index < -0.39 is 11.1 Å². The Morgan fingerprint density at radius 1 is 1.11 bits per heavy atom. The fraction of sp³-hybridized carbons (Fsp3) is 0.833. The molecule has 0 aromatic rings. The smallest absolute Gasteiger partial charge is 0.246 e. The van der Waals surface area contributed by atoms with Crippen molar-refractivity contribution < 1.29 is 24.5 Å². The Morgan fingerprint density at radius 3 is 2.11 bits per heavy atom. The first-order chi connectivity index (χ1) is 8.64. The highest BCUT2D eigenvalue weighted by molar-refractivity contribution is 5.78. The molecule has 0 fully saturated rings. The second-order valence-corrected chi connectivity index (χ2v) is 5.48. The van der Waals surface area contributed by atoms with Gasteiger partial charge in [0, 0.05) is 6.92 Å². The quantitative estimate of drug-likeness (QED) is 0.444. The maximum absolute atomic E-state index is 11.5. The van der Waals surface area contributed by atoms with Gasteiger partial charge in [0.2, 0.25) is 11.8 Å². The van der Waals surface area contributed by atoms with Crippen LogP contribution < -0.4 is 10.6 Å². The lowest BCUT2D eigenvalue weighted by molar-refractivity contribution is -0.129. The number of hydrogen-bond donors (Lipinski definition) is 4. The largest absolute Gasteiger partial charge is 0.394 e. The van der Waals surface area contributed by atoms with Crippen molar-refractivity contribution in [2.24, 2.45) is 0 Å². The Balaban J connectivity index is 4.14. The minimum absolute atomic E-state index is 0.00997. The lowest BCUT2D eigenvalue weighted by atomic mass is 10.1. The van der Waals surface area contributed by atoms with Gasteiger partial charge in [-0.2, -0.15) is 0 Å². The summed E-state index contributed by atoms with van der Waals surface area (Å²) >= 11 is 0. The van der Waals surface area contributed by atoms with Crippen LogP contribution in [0.3, 0.4) is 0 Å². The zero-order valence-electron chi connectivity index (χ0n) is 11.9. The van der Waals surface area contributed by atoms with E-state index >= 15 is 0 Å². The molecule has 0 heterocycles. The van der Waals surface area contributed by atoms with Crippen LogP contribution in [0.15, 0.2) is 0 Å². The molecule has 7 heteroatoms. The minimum atomic E-state index is -0.918. The average Bonchev–Trinajstić information content (AvgIpc) is 2.27. The maximum atomic E-state index is 11.5. The fourth-order valence-corrected chi connectivity index (χ4v) is 1.37. The summed E-state index contributed by atoms with van der Waals surface area (Å²) in [6, 6.07) is 0. The van der Waals surface area contributed by atoms with Crippen molar-refractivity contribution in [2.45, 2.75) is 38.8 Å². The van der Waals surface area contributed by atoms with Gasteiger partial charge in [-0.1, -0.05) is 0 Å². The molecule has 0 aliphatic heterocycles. The van der Waals surface area contributed by atoms with E-state index in [1.807, 2.05) is 0 Å². The third-order valence-electron chi connectivity index (χ3n) is 2.35. The number of rotatable bonds is 8. The summed E-state index contributed by atoms with van der Waals surface area (Å²) in [6.45, 7) is 5.64. The lowest BCUT2D eigenvalue weighted by Gasteiger charge is -2.28. The van der Waals surface area contributed by atoms with Gasteiger partial charge in [-0.15, -0.1) is 0 Å². The molecule has 0 saturated carbocycles. The van der Waals surface area contributed by atoms with Crippen LogP contribution in [0.4, 0.5) is 0 Å². The summed E-state index contributed by atoms with van der Waals surface area (Å²) in [5, 5.41) is 23.3. The van der Waals surface area contributed by atoms with Crippen molar-refractivity contribution >= 4 is 11.8 Å². The van der Waals surface area contributed by atoms with E-state index in [2.05, 4.69) is 10.6 Å². The van der Waals surface area contributed by atoms with E-state index in [0.717, 1.165) is 0 Å². The summed E-state index contributed by atoms with van der Waals surface area (Å²) in [6.07, 6.45) is 0. The number of carbonyl (C=O) groups is 2. The third-order valence-corrected chi connectivity index (χ3v) is 2.35. The molecule has 112 valence electrons. The van der Waals surface area contributed by atoms with Crippen LogP contribution in [0, 0.1) is 0 Å². The highest BCUT2D eigenvalue weighted by Crippen LogP contribution is 2.04. The Labute approximate surface area is 113 Å². The van der Waals surface area contributed by atoms with Gasteiger partial charge in [0.05, 0.1) is 30.9 Å². The zero-order valence-corrected chi connectivity index (χ0v) is 11.9. The number of carbonyl (C=O) groups excluding carboxylic acids is 2. The van der Waals surface area contributed by atoms with Gasteiger partial charge in [-0.3, -0.25) is 9.59 Å². The standard InChI is InChI=1S/C12H24N2O5/c1-9(17)13-12(4,7-16)8-19-5-10(18)14-11(2,3)6-15/h15-16H,5-8H2,1-4H3,(H,13,17)(H,14,18). The van der Waals surface area contributed by atoms with Crippen LogP contribution in [-0.4, -0.2) is 59.5 Å². The molecule has 4 N–H and O–H groups in total. The first-order valence-corrected chi connectivity index (χ1v) is 6.03. The number of nitrogens with one attached hydrogen (secondary N) is 2. The topological polar surface area (TPSA) is 108 Å². The third kappa shape index (κ3) is 7.76. The number of hydrogen-bond acceptors (Lipinski definition) is 5. The van der Waals surface area contributed by atoms with Gasteiger partial charge in [0.1, 0.15) is 6.61 Å². The van der Waals surface area contributed by atoms with Gasteiger partial charge in [-0.25, -0.2) is 0 Å². The zero-order chi connectivity index (χ0) is 15.1. The van der Waals surface area contributed by atoms with E-state index in [4.69, 9.17) is 9.84 Å². The van der Waals surface area contributed by atoms with Crippen molar-refractivity contribution in [3.05, 3.63) is 0 Å². The molecule has 0 radical (unpaired) electrons. The van der Waals surface area contributed by atoms with Crippen LogP contribution >= 0.6 is 0 Å². The molecule has 1 unspecified atom stereocenters. The molecule has 1 atom stereocenters. The predicted octanol–water partition coefficient (Wildman–Crippen LogP) is -1.22. The highest BCUT2D eigenvalue weighted by atomic mass is 16.5. The first kappa shape index (κ1) is 17.8. The van der Waals surface area contributed by atoms with Crippen molar-refractivity contribution in [1.82, 2.24) is 10.6 Å². The van der Waals surface area contributed by atoms with Gasteiger partial charge in [-0.05, 0) is 20.8 Å². The van der Waals surface area contributed by atoms with E-state index in [9.17, 15) is 14.7 Å². The van der Waals surface area contributed by atoms with Gasteiger partial charge >= 0.3 is 0 Å². The van der Waals surface area contributed by atoms with Crippen LogP contribution in [0.5, 0.6) is 0 Å². The molecule has 0 spiro atoms. The number of amides is 2. The van der Waals surface area contributed by atoms with Crippen molar-refractivity contribution in [1.29, 1.82) is 0 Å². The fourth-order valence-electron chi connectivity index (χ4n) is 1.37. The summed E-state index contributed by atoms with van der Waals surface area (Å²) in [5.41, 5.74) is -1.63. The minimum Gasteiger partial charge on any atom is -0.394 e. The number of aliphatic hydroxyl groups is 2. The Kier molecular flexibility index (Phi) is 6.96. The van der Waals surface area contributed by atoms with Gasteiger partial charge < -0.3 is 25.6 Å². The molecule has 0 rings (SSSR count). The monoisotopic (exact) mass is 276 g/mol. The second-order valence-electron chi connectivity index (χ2n) is 5.48. The molecule has 0 aromatic carbocycles. The van der Waals surface area contributed by atoms with Gasteiger partial charge in [0.25, 0.3) is 0 Å².